The van der Waals surface area contributed by atoms with Crippen LogP contribution in [0.3, 0.4) is 0 Å². The third-order valence-electron chi connectivity index (χ3n) is 3.57. The first-order valence-electron chi connectivity index (χ1n) is 7.35. The zero-order chi connectivity index (χ0) is 16.2. The zero-order valence-corrected chi connectivity index (χ0v) is 13.0. The van der Waals surface area contributed by atoms with Gasteiger partial charge >= 0.3 is 6.01 Å². The van der Waals surface area contributed by atoms with Gasteiger partial charge in [0.25, 0.3) is 5.91 Å². The van der Waals surface area contributed by atoms with Gasteiger partial charge in [-0.15, -0.1) is 5.10 Å². The number of piperidine rings is 1. The van der Waals surface area contributed by atoms with Crippen molar-refractivity contribution in [1.82, 2.24) is 29.9 Å². The average molecular weight is 318 g/mol. The highest BCUT2D eigenvalue weighted by atomic mass is 16.5. The Balaban J connectivity index is 1.64. The van der Waals surface area contributed by atoms with Crippen molar-refractivity contribution in [2.24, 2.45) is 7.05 Å². The number of hydrogen-bond donors (Lipinski definition) is 0. The van der Waals surface area contributed by atoms with Crippen molar-refractivity contribution < 1.29 is 14.3 Å². The number of nitrogens with zero attached hydrogens (tertiary/aromatic N) is 6. The summed E-state index contributed by atoms with van der Waals surface area (Å²) in [5, 5.41) is 7.66. The van der Waals surface area contributed by atoms with E-state index in [1.54, 1.807) is 30.4 Å². The minimum atomic E-state index is -0.133. The molecule has 1 atom stereocenters. The second-order valence-corrected chi connectivity index (χ2v) is 5.29. The average Bonchev–Trinajstić information content (AvgIpc) is 3.01. The third-order valence-corrected chi connectivity index (χ3v) is 3.57. The van der Waals surface area contributed by atoms with Gasteiger partial charge in [-0.3, -0.25) is 9.48 Å². The quantitative estimate of drug-likeness (QED) is 0.800. The Morgan fingerprint density at radius 1 is 1.43 bits per heavy atom. The molecule has 9 nitrogen and oxygen atoms in total. The van der Waals surface area contributed by atoms with Crippen molar-refractivity contribution in [3.8, 4) is 11.9 Å². The van der Waals surface area contributed by atoms with Gasteiger partial charge < -0.3 is 14.4 Å². The minimum Gasteiger partial charge on any atom is -0.472 e. The fraction of sp³-hybridized carbons (Fsp3) is 0.500. The molecule has 1 aliphatic rings. The maximum absolute atomic E-state index is 12.4. The Labute approximate surface area is 133 Å². The summed E-state index contributed by atoms with van der Waals surface area (Å²) in [4.78, 5) is 22.2. The van der Waals surface area contributed by atoms with Crippen LogP contribution in [0, 0.1) is 0 Å². The molecule has 23 heavy (non-hydrogen) atoms. The lowest BCUT2D eigenvalue weighted by molar-refractivity contribution is 0.0520. The SMILES string of the molecule is COc1nccc(OC2CCCN(C(=O)c3cn(C)nn3)C2)n1. The number of hydrogen-bond acceptors (Lipinski definition) is 7. The van der Waals surface area contributed by atoms with Gasteiger partial charge in [0, 0.05) is 25.9 Å². The molecule has 9 heteroatoms. The highest BCUT2D eigenvalue weighted by Gasteiger charge is 2.27. The number of carbonyl (C=O) groups excluding carboxylic acids is 1. The van der Waals surface area contributed by atoms with Crippen molar-refractivity contribution in [2.75, 3.05) is 20.2 Å². The molecule has 3 rings (SSSR count). The van der Waals surface area contributed by atoms with E-state index >= 15 is 0 Å². The normalized spacial score (nSPS) is 17.8. The van der Waals surface area contributed by atoms with Crippen LogP contribution < -0.4 is 9.47 Å². The van der Waals surface area contributed by atoms with Crippen LogP contribution >= 0.6 is 0 Å². The molecule has 0 bridgehead atoms. The summed E-state index contributed by atoms with van der Waals surface area (Å²) in [5.41, 5.74) is 0.344. The number of methoxy groups -OCH3 is 1. The lowest BCUT2D eigenvalue weighted by atomic mass is 10.1. The first-order valence-corrected chi connectivity index (χ1v) is 7.35. The van der Waals surface area contributed by atoms with E-state index in [2.05, 4.69) is 20.3 Å². The monoisotopic (exact) mass is 318 g/mol. The minimum absolute atomic E-state index is 0.121. The number of rotatable bonds is 4. The number of carbonyl (C=O) groups is 1. The van der Waals surface area contributed by atoms with Crippen molar-refractivity contribution in [3.05, 3.63) is 24.2 Å². The third kappa shape index (κ3) is 3.55. The van der Waals surface area contributed by atoms with E-state index in [0.29, 0.717) is 24.7 Å². The maximum atomic E-state index is 12.4. The van der Waals surface area contributed by atoms with Crippen LogP contribution in [0.2, 0.25) is 0 Å². The lowest BCUT2D eigenvalue weighted by Gasteiger charge is -2.32. The highest BCUT2D eigenvalue weighted by Crippen LogP contribution is 2.19. The Morgan fingerprint density at radius 3 is 3.04 bits per heavy atom. The van der Waals surface area contributed by atoms with Crippen LogP contribution in [0.25, 0.3) is 0 Å². The summed E-state index contributed by atoms with van der Waals surface area (Å²) in [6.07, 6.45) is 4.79. The van der Waals surface area contributed by atoms with Gasteiger partial charge in [0.1, 0.15) is 6.10 Å². The molecule has 3 heterocycles. The molecule has 0 spiro atoms. The first kappa shape index (κ1) is 15.2. The molecule has 0 radical (unpaired) electrons. The standard InChI is InChI=1S/C14H18N6O3/c1-19-9-11(17-18-19)13(21)20-7-3-4-10(8-20)23-12-5-6-15-14(16-12)22-2/h5-6,9-10H,3-4,7-8H2,1-2H3. The van der Waals surface area contributed by atoms with E-state index in [-0.39, 0.29) is 18.0 Å². The molecule has 0 N–H and O–H groups in total. The van der Waals surface area contributed by atoms with Crippen LogP contribution in [0.5, 0.6) is 11.9 Å². The number of aryl methyl sites for hydroxylation is 1. The van der Waals surface area contributed by atoms with Crippen molar-refractivity contribution in [2.45, 2.75) is 18.9 Å². The molecule has 0 saturated carbocycles. The van der Waals surface area contributed by atoms with E-state index in [1.807, 2.05) is 0 Å². The number of aromatic nitrogens is 5. The molecule has 2 aromatic heterocycles. The molecular weight excluding hydrogens is 300 g/mol. The first-order chi connectivity index (χ1) is 11.2. The van der Waals surface area contributed by atoms with Crippen molar-refractivity contribution in [3.63, 3.8) is 0 Å². The van der Waals surface area contributed by atoms with Gasteiger partial charge in [0.15, 0.2) is 5.69 Å². The fourth-order valence-corrected chi connectivity index (χ4v) is 2.49. The summed E-state index contributed by atoms with van der Waals surface area (Å²) in [6.45, 7) is 1.17. The molecule has 0 aliphatic carbocycles. The Hall–Kier alpha value is -2.71. The highest BCUT2D eigenvalue weighted by molar-refractivity contribution is 5.92. The lowest BCUT2D eigenvalue weighted by Crippen LogP contribution is -2.44. The molecule has 1 amide bonds. The summed E-state index contributed by atoms with van der Waals surface area (Å²) in [5.74, 6) is 0.308. The molecule has 0 aromatic carbocycles. The van der Waals surface area contributed by atoms with Gasteiger partial charge in [-0.05, 0) is 12.8 Å². The van der Waals surface area contributed by atoms with Crippen LogP contribution in [-0.2, 0) is 7.05 Å². The van der Waals surface area contributed by atoms with Gasteiger partial charge in [0.05, 0.1) is 19.9 Å². The molecule has 1 unspecified atom stereocenters. The number of ether oxygens (including phenoxy) is 2. The topological polar surface area (TPSA) is 95.3 Å². The molecule has 1 fully saturated rings. The van der Waals surface area contributed by atoms with E-state index in [1.165, 1.54) is 11.8 Å². The Morgan fingerprint density at radius 2 is 2.30 bits per heavy atom. The fourth-order valence-electron chi connectivity index (χ4n) is 2.49. The van der Waals surface area contributed by atoms with Crippen molar-refractivity contribution in [1.29, 1.82) is 0 Å². The van der Waals surface area contributed by atoms with Crippen LogP contribution in [0.1, 0.15) is 23.3 Å². The molecule has 122 valence electrons. The maximum Gasteiger partial charge on any atom is 0.319 e. The van der Waals surface area contributed by atoms with E-state index < -0.39 is 0 Å². The van der Waals surface area contributed by atoms with E-state index in [0.717, 1.165) is 12.8 Å². The van der Waals surface area contributed by atoms with Crippen molar-refractivity contribution >= 4 is 5.91 Å². The zero-order valence-electron chi connectivity index (χ0n) is 13.0. The van der Waals surface area contributed by atoms with Crippen LogP contribution in [0.15, 0.2) is 18.5 Å². The number of amides is 1. The molecule has 1 saturated heterocycles. The largest absolute Gasteiger partial charge is 0.472 e. The van der Waals surface area contributed by atoms with Gasteiger partial charge in [0.2, 0.25) is 5.88 Å². The van der Waals surface area contributed by atoms with Crippen LogP contribution in [0.4, 0.5) is 0 Å². The number of likely N-dealkylation sites (tertiary alicyclic amines) is 1. The molecule has 2 aromatic rings. The summed E-state index contributed by atoms with van der Waals surface area (Å²) in [6, 6.07) is 1.93. The van der Waals surface area contributed by atoms with Gasteiger partial charge in [-0.25, -0.2) is 4.98 Å². The van der Waals surface area contributed by atoms with Crippen LogP contribution in [-0.4, -0.2) is 62.1 Å². The predicted molar refractivity (Wildman–Crippen MR) is 79.1 cm³/mol. The van der Waals surface area contributed by atoms with E-state index in [9.17, 15) is 4.79 Å². The van der Waals surface area contributed by atoms with Gasteiger partial charge in [-0.1, -0.05) is 5.21 Å². The van der Waals surface area contributed by atoms with Gasteiger partial charge in [-0.2, -0.15) is 4.98 Å². The van der Waals surface area contributed by atoms with E-state index in [4.69, 9.17) is 9.47 Å². The molecule has 1 aliphatic heterocycles. The predicted octanol–water partition coefficient (Wildman–Crippen LogP) is 0.297. The second kappa shape index (κ2) is 6.59. The Bertz CT molecular complexity index is 689. The summed E-state index contributed by atoms with van der Waals surface area (Å²) >= 11 is 0. The Kier molecular flexibility index (Phi) is 4.35. The molecular formula is C14H18N6O3. The smallest absolute Gasteiger partial charge is 0.319 e. The second-order valence-electron chi connectivity index (χ2n) is 5.29. The summed E-state index contributed by atoms with van der Waals surface area (Å²) in [7, 11) is 3.23. The summed E-state index contributed by atoms with van der Waals surface area (Å²) < 4.78 is 12.3.